The lowest BCUT2D eigenvalue weighted by Crippen LogP contribution is -2.08. The smallest absolute Gasteiger partial charge is 0.258 e. The Kier molecular flexibility index (Phi) is 4.16. The molecule has 0 saturated heterocycles. The first-order chi connectivity index (χ1) is 13.0. The van der Waals surface area contributed by atoms with E-state index in [4.69, 9.17) is 4.74 Å². The zero-order chi connectivity index (χ0) is 19.0. The van der Waals surface area contributed by atoms with Crippen LogP contribution in [0.5, 0.6) is 11.5 Å². The van der Waals surface area contributed by atoms with E-state index in [1.54, 1.807) is 18.3 Å². The van der Waals surface area contributed by atoms with Gasteiger partial charge >= 0.3 is 0 Å². The van der Waals surface area contributed by atoms with Crippen molar-refractivity contribution in [2.45, 2.75) is 13.8 Å². The quantitative estimate of drug-likeness (QED) is 0.582. The Morgan fingerprint density at radius 3 is 2.63 bits per heavy atom. The monoisotopic (exact) mass is 361 g/mol. The fourth-order valence-corrected chi connectivity index (χ4v) is 2.89. The Morgan fingerprint density at radius 1 is 1.04 bits per heavy atom. The molecule has 0 atom stereocenters. The Bertz CT molecular complexity index is 1220. The molecular formula is C21H16FN3O2. The molecule has 0 spiro atoms. The van der Waals surface area contributed by atoms with Gasteiger partial charge in [-0.05, 0) is 60.9 Å². The summed E-state index contributed by atoms with van der Waals surface area (Å²) in [5, 5.41) is 0.813. The first-order valence-electron chi connectivity index (χ1n) is 8.39. The molecular weight excluding hydrogens is 345 g/mol. The molecule has 0 aliphatic heterocycles. The SMILES string of the molecule is Cc1cc2nccc(Oc3ccc(-c4cnc[nH]c4=O)cc3F)c2cc1C. The second kappa shape index (κ2) is 6.64. The van der Waals surface area contributed by atoms with E-state index >= 15 is 0 Å². The first kappa shape index (κ1) is 16.9. The lowest BCUT2D eigenvalue weighted by molar-refractivity contribution is 0.446. The number of nitrogens with zero attached hydrogens (tertiary/aromatic N) is 2. The van der Waals surface area contributed by atoms with Gasteiger partial charge in [0.05, 0.1) is 17.4 Å². The van der Waals surface area contributed by atoms with Crippen molar-refractivity contribution in [1.82, 2.24) is 15.0 Å². The number of aromatic amines is 1. The molecule has 0 aliphatic carbocycles. The molecule has 1 N–H and O–H groups in total. The molecule has 0 amide bonds. The fourth-order valence-electron chi connectivity index (χ4n) is 2.89. The van der Waals surface area contributed by atoms with Crippen LogP contribution < -0.4 is 10.3 Å². The maximum absolute atomic E-state index is 14.6. The molecule has 4 rings (SSSR count). The van der Waals surface area contributed by atoms with E-state index in [0.717, 1.165) is 22.0 Å². The summed E-state index contributed by atoms with van der Waals surface area (Å²) in [4.78, 5) is 22.6. The number of halogens is 1. The van der Waals surface area contributed by atoms with E-state index in [1.165, 1.54) is 24.7 Å². The van der Waals surface area contributed by atoms with Gasteiger partial charge in [0.1, 0.15) is 5.75 Å². The second-order valence-corrected chi connectivity index (χ2v) is 6.30. The highest BCUT2D eigenvalue weighted by Gasteiger charge is 2.12. The topological polar surface area (TPSA) is 67.9 Å². The third kappa shape index (κ3) is 3.17. The molecule has 134 valence electrons. The number of benzene rings is 2. The zero-order valence-corrected chi connectivity index (χ0v) is 14.8. The second-order valence-electron chi connectivity index (χ2n) is 6.30. The molecule has 0 aliphatic rings. The fraction of sp³-hybridized carbons (Fsp3) is 0.0952. The predicted molar refractivity (Wildman–Crippen MR) is 102 cm³/mol. The van der Waals surface area contributed by atoms with Crippen molar-refractivity contribution in [3.8, 4) is 22.6 Å². The van der Waals surface area contributed by atoms with Gasteiger partial charge < -0.3 is 9.72 Å². The van der Waals surface area contributed by atoms with Gasteiger partial charge in [0.25, 0.3) is 5.56 Å². The lowest BCUT2D eigenvalue weighted by atomic mass is 10.1. The van der Waals surface area contributed by atoms with Gasteiger partial charge in [-0.15, -0.1) is 0 Å². The summed E-state index contributed by atoms with van der Waals surface area (Å²) in [5.41, 5.74) is 3.42. The van der Waals surface area contributed by atoms with E-state index in [1.807, 2.05) is 26.0 Å². The number of hydrogen-bond acceptors (Lipinski definition) is 4. The molecule has 4 aromatic rings. The number of H-pyrrole nitrogens is 1. The van der Waals surface area contributed by atoms with Gasteiger partial charge in [-0.2, -0.15) is 0 Å². The van der Waals surface area contributed by atoms with Crippen LogP contribution in [-0.4, -0.2) is 15.0 Å². The normalized spacial score (nSPS) is 10.9. The van der Waals surface area contributed by atoms with E-state index in [-0.39, 0.29) is 11.3 Å². The van der Waals surface area contributed by atoms with Crippen LogP contribution in [0.15, 0.2) is 59.9 Å². The Labute approximate surface area is 154 Å². The van der Waals surface area contributed by atoms with Gasteiger partial charge in [0.2, 0.25) is 0 Å². The molecule has 0 fully saturated rings. The minimum atomic E-state index is -0.565. The molecule has 0 bridgehead atoms. The number of ether oxygens (including phenoxy) is 1. The highest BCUT2D eigenvalue weighted by atomic mass is 19.1. The molecule has 5 nitrogen and oxygen atoms in total. The molecule has 0 radical (unpaired) electrons. The zero-order valence-electron chi connectivity index (χ0n) is 14.8. The van der Waals surface area contributed by atoms with Crippen LogP contribution in [0.4, 0.5) is 4.39 Å². The largest absolute Gasteiger partial charge is 0.454 e. The Morgan fingerprint density at radius 2 is 1.85 bits per heavy atom. The van der Waals surface area contributed by atoms with Crippen LogP contribution in [0.25, 0.3) is 22.0 Å². The molecule has 27 heavy (non-hydrogen) atoms. The lowest BCUT2D eigenvalue weighted by Gasteiger charge is -2.11. The van der Waals surface area contributed by atoms with Crippen molar-refractivity contribution >= 4 is 10.9 Å². The van der Waals surface area contributed by atoms with E-state index in [0.29, 0.717) is 16.9 Å². The Hall–Kier alpha value is -3.54. The van der Waals surface area contributed by atoms with Crippen molar-refractivity contribution in [3.05, 3.63) is 82.4 Å². The van der Waals surface area contributed by atoms with Gasteiger partial charge in [0.15, 0.2) is 11.6 Å². The van der Waals surface area contributed by atoms with Gasteiger partial charge in [-0.25, -0.2) is 9.37 Å². The standard InChI is InChI=1S/C21H16FN3O2/c1-12-7-15-18(8-13(12)2)24-6-5-19(15)27-20-4-3-14(9-17(20)22)16-10-23-11-25-21(16)26/h3-11H,1-2H3,(H,23,25,26). The third-order valence-corrected chi connectivity index (χ3v) is 4.50. The number of aryl methyl sites for hydroxylation is 2. The number of rotatable bonds is 3. The highest BCUT2D eigenvalue weighted by Crippen LogP contribution is 2.33. The van der Waals surface area contributed by atoms with Crippen LogP contribution >= 0.6 is 0 Å². The molecule has 2 heterocycles. The van der Waals surface area contributed by atoms with Crippen LogP contribution in [0.1, 0.15) is 11.1 Å². The summed E-state index contributed by atoms with van der Waals surface area (Å²) in [7, 11) is 0. The number of hydrogen-bond donors (Lipinski definition) is 1. The third-order valence-electron chi connectivity index (χ3n) is 4.50. The maximum atomic E-state index is 14.6. The molecule has 0 saturated carbocycles. The van der Waals surface area contributed by atoms with Crippen LogP contribution in [-0.2, 0) is 0 Å². The van der Waals surface area contributed by atoms with Gasteiger partial charge in [-0.3, -0.25) is 9.78 Å². The maximum Gasteiger partial charge on any atom is 0.258 e. The summed E-state index contributed by atoms with van der Waals surface area (Å²) in [6.45, 7) is 4.02. The van der Waals surface area contributed by atoms with Crippen molar-refractivity contribution in [1.29, 1.82) is 0 Å². The number of fused-ring (bicyclic) bond motifs is 1. The highest BCUT2D eigenvalue weighted by molar-refractivity contribution is 5.86. The van der Waals surface area contributed by atoms with Crippen LogP contribution in [0.3, 0.4) is 0 Å². The summed E-state index contributed by atoms with van der Waals surface area (Å²) >= 11 is 0. The van der Waals surface area contributed by atoms with E-state index in [2.05, 4.69) is 15.0 Å². The molecule has 0 unspecified atom stereocenters. The number of aromatic nitrogens is 3. The first-order valence-corrected chi connectivity index (χ1v) is 8.39. The van der Waals surface area contributed by atoms with Crippen LogP contribution in [0, 0.1) is 19.7 Å². The van der Waals surface area contributed by atoms with E-state index < -0.39 is 5.82 Å². The molecule has 2 aromatic carbocycles. The van der Waals surface area contributed by atoms with Crippen LogP contribution in [0.2, 0.25) is 0 Å². The van der Waals surface area contributed by atoms with E-state index in [9.17, 15) is 9.18 Å². The summed E-state index contributed by atoms with van der Waals surface area (Å²) in [6.07, 6.45) is 4.32. The summed E-state index contributed by atoms with van der Waals surface area (Å²) < 4.78 is 20.4. The average molecular weight is 361 g/mol. The summed E-state index contributed by atoms with van der Waals surface area (Å²) in [5.74, 6) is 0.0309. The minimum absolute atomic E-state index is 0.0739. The summed E-state index contributed by atoms with van der Waals surface area (Å²) in [6, 6.07) is 10.1. The van der Waals surface area contributed by atoms with Gasteiger partial charge in [-0.1, -0.05) is 6.07 Å². The van der Waals surface area contributed by atoms with Gasteiger partial charge in [0, 0.05) is 17.8 Å². The predicted octanol–water partition coefficient (Wildman–Crippen LogP) is 4.53. The Balaban J connectivity index is 1.74. The molecule has 2 aromatic heterocycles. The number of nitrogens with one attached hydrogen (secondary N) is 1. The van der Waals surface area contributed by atoms with Crippen molar-refractivity contribution < 1.29 is 9.13 Å². The van der Waals surface area contributed by atoms with Crippen molar-refractivity contribution in [2.24, 2.45) is 0 Å². The number of pyridine rings is 1. The van der Waals surface area contributed by atoms with Crippen molar-refractivity contribution in [3.63, 3.8) is 0 Å². The van der Waals surface area contributed by atoms with Crippen molar-refractivity contribution in [2.75, 3.05) is 0 Å². The average Bonchev–Trinajstić information content (AvgIpc) is 2.65. The molecule has 6 heteroatoms. The minimum Gasteiger partial charge on any atom is -0.454 e.